The maximum Gasteiger partial charge on any atom is 0.342 e. The average molecular weight is 606 g/mol. The molecular formula is C28H36N3O8PS. The summed E-state index contributed by atoms with van der Waals surface area (Å²) >= 11 is -1.89. The van der Waals surface area contributed by atoms with E-state index in [1.165, 1.54) is 4.31 Å². The van der Waals surface area contributed by atoms with E-state index in [4.69, 9.17) is 19.1 Å². The van der Waals surface area contributed by atoms with Crippen LogP contribution in [-0.2, 0) is 49.5 Å². The van der Waals surface area contributed by atoms with E-state index in [-0.39, 0.29) is 43.8 Å². The molecule has 2 aliphatic rings. The van der Waals surface area contributed by atoms with E-state index in [1.54, 1.807) is 31.2 Å². The second-order valence-electron chi connectivity index (χ2n) is 9.95. The number of cyclic esters (lactones) is 1. The predicted octanol–water partition coefficient (Wildman–Crippen LogP) is 3.74. The van der Waals surface area contributed by atoms with Crippen molar-refractivity contribution in [1.29, 1.82) is 0 Å². The molecule has 11 nitrogen and oxygen atoms in total. The van der Waals surface area contributed by atoms with E-state index in [0.717, 1.165) is 22.3 Å². The number of nitrogens with two attached hydrogens (primary N) is 1. The lowest BCUT2D eigenvalue weighted by molar-refractivity contribution is -0.145. The Bertz CT molecular complexity index is 1460. The van der Waals surface area contributed by atoms with E-state index < -0.39 is 36.7 Å². The van der Waals surface area contributed by atoms with E-state index in [0.29, 0.717) is 29.7 Å². The lowest BCUT2D eigenvalue weighted by atomic mass is 9.89. The molecule has 2 heterocycles. The van der Waals surface area contributed by atoms with Crippen molar-refractivity contribution in [3.05, 3.63) is 69.3 Å². The molecule has 0 radical (unpaired) electrons. The first-order valence-corrected chi connectivity index (χ1v) is 16.4. The van der Waals surface area contributed by atoms with Crippen LogP contribution in [0, 0.1) is 6.92 Å². The van der Waals surface area contributed by atoms with Crippen LogP contribution in [0.25, 0.3) is 0 Å². The number of aromatic hydroxyl groups is 1. The number of rotatable bonds is 11. The standard InChI is InChI=1S/C28H36N3O8PS/c1-5-19-18(4)22-16-38-27(33)24(22)26(32)20(19)12-11-17(3)15-31(41(29)36)13-14-40(35)30-25(28(34)37-6-2)21-9-7-8-10-23(21)39-40/h7-11,25,32H,5-6,12-16,29H2,1-4H3,(H,30,35)/b17-11+/t25-,40?,41?/m0/s1. The van der Waals surface area contributed by atoms with Crippen molar-refractivity contribution in [2.45, 2.75) is 53.2 Å². The van der Waals surface area contributed by atoms with Gasteiger partial charge in [0.25, 0.3) is 0 Å². The largest absolute Gasteiger partial charge is 0.507 e. The molecule has 2 aromatic carbocycles. The first kappa shape index (κ1) is 30.9. The Morgan fingerprint density at radius 3 is 2.73 bits per heavy atom. The van der Waals surface area contributed by atoms with Crippen molar-refractivity contribution in [3.8, 4) is 11.5 Å². The van der Waals surface area contributed by atoms with Crippen LogP contribution in [0.1, 0.15) is 65.0 Å². The number of carbonyl (C=O) groups is 2. The molecule has 3 atom stereocenters. The van der Waals surface area contributed by atoms with Crippen LogP contribution in [0.3, 0.4) is 0 Å². The van der Waals surface area contributed by atoms with Crippen LogP contribution in [0.2, 0.25) is 0 Å². The molecule has 0 saturated carbocycles. The van der Waals surface area contributed by atoms with Crippen molar-refractivity contribution in [2.75, 3.05) is 25.9 Å². The third-order valence-electron chi connectivity index (χ3n) is 7.30. The molecule has 0 spiro atoms. The second-order valence-corrected chi connectivity index (χ2v) is 13.3. The number of phenols is 1. The van der Waals surface area contributed by atoms with E-state index in [2.05, 4.69) is 5.09 Å². The van der Waals surface area contributed by atoms with Gasteiger partial charge in [0.1, 0.15) is 29.7 Å². The highest BCUT2D eigenvalue weighted by molar-refractivity contribution is 7.80. The first-order valence-electron chi connectivity index (χ1n) is 13.4. The molecule has 2 aromatic rings. The first-order chi connectivity index (χ1) is 19.5. The van der Waals surface area contributed by atoms with Crippen LogP contribution in [0.5, 0.6) is 11.5 Å². The number of esters is 2. The smallest absolute Gasteiger partial charge is 0.342 e. The molecule has 0 saturated heterocycles. The number of benzene rings is 2. The monoisotopic (exact) mass is 605 g/mol. The van der Waals surface area contributed by atoms with E-state index in [1.807, 2.05) is 26.8 Å². The molecule has 4 rings (SSSR count). The molecule has 0 amide bonds. The summed E-state index contributed by atoms with van der Waals surface area (Å²) in [5, 5.41) is 19.5. The number of allylic oxidation sites excluding steroid dienone is 1. The number of fused-ring (bicyclic) bond motifs is 2. The van der Waals surface area contributed by atoms with Gasteiger partial charge in [-0.15, -0.1) is 0 Å². The van der Waals surface area contributed by atoms with Crippen molar-refractivity contribution in [1.82, 2.24) is 9.39 Å². The molecule has 2 aliphatic heterocycles. The fourth-order valence-electron chi connectivity index (χ4n) is 5.21. The lowest BCUT2D eigenvalue weighted by Crippen LogP contribution is -2.38. The molecule has 222 valence electrons. The highest BCUT2D eigenvalue weighted by Gasteiger charge is 2.40. The molecule has 4 N–H and O–H groups in total. The fraction of sp³-hybridized carbons (Fsp3) is 0.429. The number of nitrogens with one attached hydrogen (secondary N) is 1. The zero-order valence-electron chi connectivity index (χ0n) is 23.6. The zero-order chi connectivity index (χ0) is 29.9. The Morgan fingerprint density at radius 2 is 2.05 bits per heavy atom. The number of phenolic OH excluding ortho intramolecular Hbond substituents is 1. The Kier molecular flexibility index (Phi) is 9.71. The number of hydrogen-bond donors (Lipinski definition) is 3. The molecule has 0 fully saturated rings. The topological polar surface area (TPSA) is 157 Å². The Balaban J connectivity index is 1.49. The van der Waals surface area contributed by atoms with Crippen LogP contribution in [0.15, 0.2) is 35.9 Å². The van der Waals surface area contributed by atoms with Gasteiger partial charge in [-0.05, 0) is 50.8 Å². The maximum absolute atomic E-state index is 13.7. The molecule has 2 unspecified atom stereocenters. The zero-order valence-corrected chi connectivity index (χ0v) is 25.3. The Hall–Kier alpha value is -3.02. The highest BCUT2D eigenvalue weighted by atomic mass is 32.2. The van der Waals surface area contributed by atoms with Gasteiger partial charge in [-0.2, -0.15) is 0 Å². The van der Waals surface area contributed by atoms with Crippen LogP contribution < -0.4 is 14.8 Å². The van der Waals surface area contributed by atoms with Crippen molar-refractivity contribution < 1.29 is 37.5 Å². The number of carbonyl (C=O) groups excluding carboxylic acids is 2. The van der Waals surface area contributed by atoms with Gasteiger partial charge in [0.05, 0.1) is 12.8 Å². The summed E-state index contributed by atoms with van der Waals surface area (Å²) in [6, 6.07) is 5.86. The van der Waals surface area contributed by atoms with Gasteiger partial charge in [0.15, 0.2) is 11.2 Å². The van der Waals surface area contributed by atoms with E-state index >= 15 is 0 Å². The number of para-hydroxylation sites is 1. The molecule has 13 heteroatoms. The normalized spacial score (nSPS) is 20.7. The van der Waals surface area contributed by atoms with Crippen molar-refractivity contribution >= 4 is 30.6 Å². The summed E-state index contributed by atoms with van der Waals surface area (Å²) in [7, 11) is -3.60. The summed E-state index contributed by atoms with van der Waals surface area (Å²) in [6.07, 6.45) is 2.82. The highest BCUT2D eigenvalue weighted by Crippen LogP contribution is 2.51. The van der Waals surface area contributed by atoms with Crippen molar-refractivity contribution in [3.63, 3.8) is 0 Å². The minimum absolute atomic E-state index is 0.0472. The molecular weight excluding hydrogens is 569 g/mol. The summed E-state index contributed by atoms with van der Waals surface area (Å²) < 4.78 is 43.7. The third-order valence-corrected chi connectivity index (χ3v) is 10.1. The molecule has 0 aromatic heterocycles. The lowest BCUT2D eigenvalue weighted by Gasteiger charge is -2.32. The van der Waals surface area contributed by atoms with Gasteiger partial charge in [-0.25, -0.2) is 28.3 Å². The number of nitrogens with zero attached hydrogens (tertiary/aromatic N) is 1. The Labute approximate surface area is 242 Å². The summed E-state index contributed by atoms with van der Waals surface area (Å²) in [5.41, 5.74) is 4.81. The van der Waals surface area contributed by atoms with Gasteiger partial charge in [-0.3, -0.25) is 4.57 Å². The van der Waals surface area contributed by atoms with Crippen molar-refractivity contribution in [2.24, 2.45) is 5.14 Å². The minimum Gasteiger partial charge on any atom is -0.507 e. The second kappa shape index (κ2) is 12.9. The van der Waals surface area contributed by atoms with Gasteiger partial charge in [0.2, 0.25) is 0 Å². The van der Waals surface area contributed by atoms with Gasteiger partial charge in [0, 0.05) is 29.8 Å². The molecule has 41 heavy (non-hydrogen) atoms. The van der Waals surface area contributed by atoms with Gasteiger partial charge >= 0.3 is 19.5 Å². The number of hydrogen-bond acceptors (Lipinski definition) is 8. The SMILES string of the molecule is CCOC(=O)[C@H]1NP(=O)(CCN(C/C(C)=C/Cc2c(O)c3c(c(C)c2CC)COC3=O)S(N)=O)Oc2ccccc21. The number of ether oxygens (including phenoxy) is 2. The fourth-order valence-corrected chi connectivity index (χ4v) is 7.84. The van der Waals surface area contributed by atoms with Crippen LogP contribution >= 0.6 is 7.52 Å². The summed E-state index contributed by atoms with van der Waals surface area (Å²) in [4.78, 5) is 24.8. The van der Waals surface area contributed by atoms with Crippen LogP contribution in [-0.4, -0.2) is 51.4 Å². The van der Waals surface area contributed by atoms with Gasteiger partial charge in [-0.1, -0.05) is 36.8 Å². The third kappa shape index (κ3) is 6.57. The maximum atomic E-state index is 13.7. The average Bonchev–Trinajstić information content (AvgIpc) is 3.33. The summed E-state index contributed by atoms with van der Waals surface area (Å²) in [5.74, 6) is -0.838. The summed E-state index contributed by atoms with van der Waals surface area (Å²) in [6.45, 7) is 8.00. The van der Waals surface area contributed by atoms with Crippen LogP contribution in [0.4, 0.5) is 0 Å². The molecule has 0 bridgehead atoms. The Morgan fingerprint density at radius 1 is 1.32 bits per heavy atom. The molecule has 0 aliphatic carbocycles. The minimum atomic E-state index is -3.60. The quantitative estimate of drug-likeness (QED) is 0.197. The predicted molar refractivity (Wildman–Crippen MR) is 155 cm³/mol. The van der Waals surface area contributed by atoms with Gasteiger partial charge < -0.3 is 19.1 Å². The van der Waals surface area contributed by atoms with E-state index in [9.17, 15) is 23.5 Å².